The van der Waals surface area contributed by atoms with E-state index < -0.39 is 0 Å². The van der Waals surface area contributed by atoms with E-state index in [2.05, 4.69) is 17.6 Å². The summed E-state index contributed by atoms with van der Waals surface area (Å²) in [7, 11) is 1.50. The van der Waals surface area contributed by atoms with Crippen LogP contribution < -0.4 is 10.5 Å². The van der Waals surface area contributed by atoms with Crippen LogP contribution in [0, 0.1) is 0 Å². The van der Waals surface area contributed by atoms with Crippen LogP contribution in [0.2, 0.25) is 5.02 Å². The van der Waals surface area contributed by atoms with E-state index in [1.165, 1.54) is 38.5 Å². The van der Waals surface area contributed by atoms with Crippen molar-refractivity contribution >= 4 is 11.6 Å². The third-order valence-corrected chi connectivity index (χ3v) is 3.61. The Kier molecular flexibility index (Phi) is 8.67. The second kappa shape index (κ2) is 10.0. The first-order valence-corrected chi connectivity index (χ1v) is 7.88. The predicted octanol–water partition coefficient (Wildman–Crippen LogP) is 3.69. The molecule has 0 atom stereocenters. The van der Waals surface area contributed by atoms with Crippen molar-refractivity contribution in [2.75, 3.05) is 26.7 Å². The molecule has 114 valence electrons. The number of hydrogen-bond donors (Lipinski definition) is 1. The maximum absolute atomic E-state index is 6.09. The molecule has 4 heteroatoms. The number of halogens is 1. The maximum Gasteiger partial charge on any atom is 0.123 e. The molecule has 0 bridgehead atoms. The second-order valence-electron chi connectivity index (χ2n) is 4.94. The summed E-state index contributed by atoms with van der Waals surface area (Å²) in [6, 6.07) is 5.96. The van der Waals surface area contributed by atoms with E-state index in [-0.39, 0.29) is 0 Å². The molecule has 1 fully saturated rings. The minimum absolute atomic E-state index is 0.797. The van der Waals surface area contributed by atoms with Gasteiger partial charge < -0.3 is 10.5 Å². The fourth-order valence-electron chi connectivity index (χ4n) is 2.32. The van der Waals surface area contributed by atoms with Gasteiger partial charge in [0.05, 0.1) is 6.61 Å². The number of hydrogen-bond acceptors (Lipinski definition) is 3. The van der Waals surface area contributed by atoms with Crippen LogP contribution in [0.15, 0.2) is 18.2 Å². The average molecular weight is 299 g/mol. The lowest BCUT2D eigenvalue weighted by Crippen LogP contribution is -2.19. The normalized spacial score (nSPS) is 14.8. The van der Waals surface area contributed by atoms with Gasteiger partial charge in [-0.3, -0.25) is 4.90 Å². The van der Waals surface area contributed by atoms with E-state index in [4.69, 9.17) is 16.3 Å². The maximum atomic E-state index is 6.09. The first-order chi connectivity index (χ1) is 9.79. The molecule has 0 aliphatic carbocycles. The lowest BCUT2D eigenvalue weighted by Gasteiger charge is -2.18. The highest BCUT2D eigenvalue weighted by Gasteiger charge is 2.14. The number of ether oxygens (including phenoxy) is 1. The highest BCUT2D eigenvalue weighted by atomic mass is 35.5. The molecule has 1 heterocycles. The number of benzene rings is 1. The molecular formula is C16H27ClN2O. The fourth-order valence-corrected chi connectivity index (χ4v) is 2.52. The predicted molar refractivity (Wildman–Crippen MR) is 86.5 cm³/mol. The Morgan fingerprint density at radius 2 is 1.95 bits per heavy atom. The van der Waals surface area contributed by atoms with Crippen LogP contribution in [0.25, 0.3) is 0 Å². The van der Waals surface area contributed by atoms with Crippen LogP contribution in [-0.2, 0) is 6.54 Å². The summed E-state index contributed by atoms with van der Waals surface area (Å²) >= 11 is 6.09. The van der Waals surface area contributed by atoms with Crippen LogP contribution in [0.4, 0.5) is 0 Å². The number of likely N-dealkylation sites (tertiary alicyclic amines) is 1. The molecule has 0 unspecified atom stereocenters. The summed E-state index contributed by atoms with van der Waals surface area (Å²) in [5.41, 5.74) is 5.72. The molecule has 1 aliphatic rings. The Bertz CT molecular complexity index is 379. The Labute approximate surface area is 128 Å². The van der Waals surface area contributed by atoms with Gasteiger partial charge in [0.1, 0.15) is 5.75 Å². The van der Waals surface area contributed by atoms with Crippen molar-refractivity contribution in [3.63, 3.8) is 0 Å². The van der Waals surface area contributed by atoms with Crippen molar-refractivity contribution in [2.24, 2.45) is 5.73 Å². The summed E-state index contributed by atoms with van der Waals surface area (Å²) in [6.45, 7) is 6.32. The molecular weight excluding hydrogens is 272 g/mol. The van der Waals surface area contributed by atoms with Crippen LogP contribution in [0.5, 0.6) is 5.75 Å². The van der Waals surface area contributed by atoms with Crippen molar-refractivity contribution in [2.45, 2.75) is 39.2 Å². The van der Waals surface area contributed by atoms with Gasteiger partial charge in [0.25, 0.3) is 0 Å². The van der Waals surface area contributed by atoms with E-state index in [0.717, 1.165) is 36.8 Å². The lowest BCUT2D eigenvalue weighted by atomic mass is 10.2. The molecule has 2 N–H and O–H groups in total. The lowest BCUT2D eigenvalue weighted by molar-refractivity contribution is 0.289. The molecule has 1 aromatic carbocycles. The second-order valence-corrected chi connectivity index (χ2v) is 5.37. The SMILES string of the molecule is CCCCOc1ccc(Cl)cc1CN1CCCC1.CN. The third kappa shape index (κ3) is 5.70. The van der Waals surface area contributed by atoms with Gasteiger partial charge in [-0.05, 0) is 57.6 Å². The van der Waals surface area contributed by atoms with Gasteiger partial charge in [0.15, 0.2) is 0 Å². The Morgan fingerprint density at radius 3 is 2.60 bits per heavy atom. The summed E-state index contributed by atoms with van der Waals surface area (Å²) < 4.78 is 5.86. The first-order valence-electron chi connectivity index (χ1n) is 7.51. The molecule has 1 saturated heterocycles. The quantitative estimate of drug-likeness (QED) is 0.814. The summed E-state index contributed by atoms with van der Waals surface area (Å²) in [6.07, 6.45) is 4.89. The van der Waals surface area contributed by atoms with Gasteiger partial charge in [0, 0.05) is 17.1 Å². The molecule has 0 spiro atoms. The topological polar surface area (TPSA) is 38.5 Å². The monoisotopic (exact) mass is 298 g/mol. The van der Waals surface area contributed by atoms with E-state index >= 15 is 0 Å². The fraction of sp³-hybridized carbons (Fsp3) is 0.625. The van der Waals surface area contributed by atoms with Crippen LogP contribution >= 0.6 is 11.6 Å². The smallest absolute Gasteiger partial charge is 0.123 e. The van der Waals surface area contributed by atoms with Crippen LogP contribution in [0.3, 0.4) is 0 Å². The van der Waals surface area contributed by atoms with E-state index in [0.29, 0.717) is 0 Å². The van der Waals surface area contributed by atoms with Gasteiger partial charge in [-0.15, -0.1) is 0 Å². The molecule has 2 rings (SSSR count). The molecule has 0 saturated carbocycles. The van der Waals surface area contributed by atoms with E-state index in [1.807, 2.05) is 18.2 Å². The van der Waals surface area contributed by atoms with Gasteiger partial charge in [-0.1, -0.05) is 24.9 Å². The van der Waals surface area contributed by atoms with Gasteiger partial charge >= 0.3 is 0 Å². The Morgan fingerprint density at radius 1 is 1.25 bits per heavy atom. The molecule has 20 heavy (non-hydrogen) atoms. The number of nitrogens with two attached hydrogens (primary N) is 1. The van der Waals surface area contributed by atoms with Crippen molar-refractivity contribution < 1.29 is 4.74 Å². The Balaban J connectivity index is 0.000000956. The number of rotatable bonds is 6. The van der Waals surface area contributed by atoms with Gasteiger partial charge in [-0.25, -0.2) is 0 Å². The standard InChI is InChI=1S/C15H22ClNO.CH5N/c1-2-3-10-18-15-7-6-14(16)11-13(15)12-17-8-4-5-9-17;1-2/h6-7,11H,2-5,8-10,12H2,1H3;2H2,1H3. The zero-order valence-corrected chi connectivity index (χ0v) is 13.5. The molecule has 3 nitrogen and oxygen atoms in total. The molecule has 0 aromatic heterocycles. The average Bonchev–Trinajstić information content (AvgIpc) is 2.97. The summed E-state index contributed by atoms with van der Waals surface area (Å²) in [5.74, 6) is 1.000. The van der Waals surface area contributed by atoms with Crippen LogP contribution in [0.1, 0.15) is 38.2 Å². The highest BCUT2D eigenvalue weighted by molar-refractivity contribution is 6.30. The zero-order valence-electron chi connectivity index (χ0n) is 12.7. The van der Waals surface area contributed by atoms with Crippen molar-refractivity contribution in [1.29, 1.82) is 0 Å². The molecule has 1 aliphatic heterocycles. The van der Waals surface area contributed by atoms with Crippen LogP contribution in [-0.4, -0.2) is 31.6 Å². The number of nitrogens with zero attached hydrogens (tertiary/aromatic N) is 1. The largest absolute Gasteiger partial charge is 0.493 e. The highest BCUT2D eigenvalue weighted by Crippen LogP contribution is 2.25. The zero-order chi connectivity index (χ0) is 14.8. The van der Waals surface area contributed by atoms with Crippen molar-refractivity contribution in [3.8, 4) is 5.75 Å². The van der Waals surface area contributed by atoms with E-state index in [9.17, 15) is 0 Å². The van der Waals surface area contributed by atoms with Crippen molar-refractivity contribution in [1.82, 2.24) is 4.90 Å². The minimum Gasteiger partial charge on any atom is -0.493 e. The number of unbranched alkanes of at least 4 members (excludes halogenated alkanes) is 1. The summed E-state index contributed by atoms with van der Waals surface area (Å²) in [4.78, 5) is 2.47. The van der Waals surface area contributed by atoms with Gasteiger partial charge in [0.2, 0.25) is 0 Å². The van der Waals surface area contributed by atoms with E-state index in [1.54, 1.807) is 0 Å². The van der Waals surface area contributed by atoms with Crippen molar-refractivity contribution in [3.05, 3.63) is 28.8 Å². The van der Waals surface area contributed by atoms with Gasteiger partial charge in [-0.2, -0.15) is 0 Å². The Hall–Kier alpha value is -0.770. The summed E-state index contributed by atoms with van der Waals surface area (Å²) in [5, 5.41) is 0.798. The first kappa shape index (κ1) is 17.3. The molecule has 1 aromatic rings. The molecule has 0 radical (unpaired) electrons. The minimum atomic E-state index is 0.797. The molecule has 0 amide bonds. The third-order valence-electron chi connectivity index (χ3n) is 3.37.